The van der Waals surface area contributed by atoms with E-state index in [1.807, 2.05) is 24.8 Å². The van der Waals surface area contributed by atoms with Crippen molar-refractivity contribution in [2.45, 2.75) is 20.4 Å². The first-order chi connectivity index (χ1) is 19.4. The second-order valence-corrected chi connectivity index (χ2v) is 9.03. The number of aromatic hydroxyl groups is 1. The second kappa shape index (κ2) is 12.7. The number of hydrogen-bond acceptors (Lipinski definition) is 7. The maximum absolute atomic E-state index is 16.1. The highest BCUT2D eigenvalue weighted by Crippen LogP contribution is 2.42. The molecule has 8 nitrogen and oxygen atoms in total. The fraction of sp³-hybridized carbons (Fsp3) is 0.241. The Morgan fingerprint density at radius 3 is 2.50 bits per heavy atom. The standard InChI is InChI=1S/C27H23ClF2N6O2.C2H6/c1-2-22(38)35-10-12-36(13-11-35)27-16-14-17(28)23(24-18(29)6-5-7-19(24)37)25(30)26(16)33-21(34-27)15-32-20-8-3-4-9-31-20;1-2/h2-9,14,37H,1,10-13,15H2,(H,31,32);1-2H3. The number of phenolic OH excluding ortho intramolecular Hbond substituents is 1. The number of carbonyl (C=O) groups is 1. The van der Waals surface area contributed by atoms with Crippen molar-refractivity contribution in [3.63, 3.8) is 0 Å². The van der Waals surface area contributed by atoms with Crippen LogP contribution in [0.25, 0.3) is 22.0 Å². The average Bonchev–Trinajstić information content (AvgIpc) is 2.98. The fourth-order valence-electron chi connectivity index (χ4n) is 4.44. The first-order valence-corrected chi connectivity index (χ1v) is 13.2. The number of rotatable bonds is 6. The van der Waals surface area contributed by atoms with Gasteiger partial charge in [0.2, 0.25) is 5.91 Å². The molecule has 0 unspecified atom stereocenters. The summed E-state index contributed by atoms with van der Waals surface area (Å²) in [7, 11) is 0. The zero-order valence-corrected chi connectivity index (χ0v) is 22.9. The Kier molecular flexibility index (Phi) is 9.11. The molecular weight excluding hydrogens is 538 g/mol. The number of piperazine rings is 1. The Bertz CT molecular complexity index is 1510. The number of nitrogens with one attached hydrogen (secondary N) is 1. The van der Waals surface area contributed by atoms with Crippen LogP contribution in [0.4, 0.5) is 20.4 Å². The van der Waals surface area contributed by atoms with Gasteiger partial charge in [-0.2, -0.15) is 0 Å². The largest absolute Gasteiger partial charge is 0.507 e. The molecule has 1 aliphatic heterocycles. The third-order valence-corrected chi connectivity index (χ3v) is 6.61. The van der Waals surface area contributed by atoms with E-state index < -0.39 is 17.4 Å². The molecule has 1 fully saturated rings. The van der Waals surface area contributed by atoms with Crippen LogP contribution in [-0.4, -0.2) is 57.0 Å². The van der Waals surface area contributed by atoms with Crippen molar-refractivity contribution in [1.82, 2.24) is 19.9 Å². The van der Waals surface area contributed by atoms with Gasteiger partial charge in [-0.15, -0.1) is 0 Å². The molecule has 0 saturated carbocycles. The van der Waals surface area contributed by atoms with Crippen LogP contribution in [0.15, 0.2) is 61.3 Å². The number of fused-ring (bicyclic) bond motifs is 1. The van der Waals surface area contributed by atoms with Gasteiger partial charge in [-0.1, -0.05) is 44.2 Å². The van der Waals surface area contributed by atoms with Crippen molar-refractivity contribution in [3.8, 4) is 16.9 Å². The maximum Gasteiger partial charge on any atom is 0.246 e. The lowest BCUT2D eigenvalue weighted by molar-refractivity contribution is -0.126. The summed E-state index contributed by atoms with van der Waals surface area (Å²) in [6.45, 7) is 9.40. The van der Waals surface area contributed by atoms with E-state index >= 15 is 4.39 Å². The van der Waals surface area contributed by atoms with Gasteiger partial charge >= 0.3 is 0 Å². The number of halogens is 3. The molecule has 2 N–H and O–H groups in total. The Morgan fingerprint density at radius 2 is 1.85 bits per heavy atom. The number of aromatic nitrogens is 3. The molecule has 5 rings (SSSR count). The Balaban J connectivity index is 0.00000181. The second-order valence-electron chi connectivity index (χ2n) is 8.63. The minimum absolute atomic E-state index is 0.0699. The predicted molar refractivity (Wildman–Crippen MR) is 153 cm³/mol. The number of hydrogen-bond donors (Lipinski definition) is 2. The number of amides is 1. The number of phenols is 1. The van der Waals surface area contributed by atoms with Crippen molar-refractivity contribution in [2.24, 2.45) is 0 Å². The zero-order valence-electron chi connectivity index (χ0n) is 22.2. The molecule has 4 aromatic rings. The number of pyridine rings is 1. The van der Waals surface area contributed by atoms with E-state index in [-0.39, 0.29) is 39.9 Å². The summed E-state index contributed by atoms with van der Waals surface area (Å²) >= 11 is 6.49. The van der Waals surface area contributed by atoms with Crippen LogP contribution < -0.4 is 10.2 Å². The van der Waals surface area contributed by atoms with E-state index in [2.05, 4.69) is 21.9 Å². The van der Waals surface area contributed by atoms with Gasteiger partial charge in [0.05, 0.1) is 17.1 Å². The summed E-state index contributed by atoms with van der Waals surface area (Å²) in [5.41, 5.74) is -0.703. The lowest BCUT2D eigenvalue weighted by Crippen LogP contribution is -2.48. The van der Waals surface area contributed by atoms with Crippen molar-refractivity contribution < 1.29 is 18.7 Å². The first-order valence-electron chi connectivity index (χ1n) is 12.8. The van der Waals surface area contributed by atoms with Crippen molar-refractivity contribution in [3.05, 3.63) is 83.8 Å². The highest BCUT2D eigenvalue weighted by atomic mass is 35.5. The van der Waals surface area contributed by atoms with Gasteiger partial charge < -0.3 is 20.2 Å². The molecular formula is C29H29ClF2N6O2. The van der Waals surface area contributed by atoms with Crippen LogP contribution in [0.2, 0.25) is 5.02 Å². The predicted octanol–water partition coefficient (Wildman–Crippen LogP) is 5.80. The summed E-state index contributed by atoms with van der Waals surface area (Å²) in [6, 6.07) is 10.6. The van der Waals surface area contributed by atoms with Gasteiger partial charge in [-0.05, 0) is 36.4 Å². The van der Waals surface area contributed by atoms with Crippen LogP contribution in [0, 0.1) is 11.6 Å². The van der Waals surface area contributed by atoms with Crippen LogP contribution in [0.5, 0.6) is 5.75 Å². The van der Waals surface area contributed by atoms with E-state index in [1.165, 1.54) is 24.3 Å². The SMILES string of the molecule is C=CC(=O)N1CCN(c2nc(CNc3ccccn3)nc3c(F)c(-c4c(O)cccc4F)c(Cl)cc23)CC1.CC. The summed E-state index contributed by atoms with van der Waals surface area (Å²) in [5.74, 6) is -1.02. The minimum atomic E-state index is -0.879. The van der Waals surface area contributed by atoms with Gasteiger partial charge in [0.15, 0.2) is 11.6 Å². The van der Waals surface area contributed by atoms with Gasteiger partial charge in [-0.3, -0.25) is 4.79 Å². The monoisotopic (exact) mass is 566 g/mol. The van der Waals surface area contributed by atoms with E-state index in [1.54, 1.807) is 23.2 Å². The van der Waals surface area contributed by atoms with Crippen molar-refractivity contribution >= 4 is 40.0 Å². The molecule has 2 aromatic heterocycles. The highest BCUT2D eigenvalue weighted by Gasteiger charge is 2.27. The Labute approximate surface area is 236 Å². The number of anilines is 2. The summed E-state index contributed by atoms with van der Waals surface area (Å²) in [4.78, 5) is 29.0. The van der Waals surface area contributed by atoms with E-state index in [0.29, 0.717) is 43.2 Å². The number of nitrogens with zero attached hydrogens (tertiary/aromatic N) is 5. The minimum Gasteiger partial charge on any atom is -0.507 e. The zero-order chi connectivity index (χ0) is 28.8. The molecule has 2 aromatic carbocycles. The summed E-state index contributed by atoms with van der Waals surface area (Å²) < 4.78 is 30.8. The third kappa shape index (κ3) is 5.81. The molecule has 1 saturated heterocycles. The van der Waals surface area contributed by atoms with Crippen molar-refractivity contribution in [2.75, 3.05) is 36.4 Å². The molecule has 0 spiro atoms. The molecule has 1 amide bonds. The van der Waals surface area contributed by atoms with Crippen LogP contribution in [0.3, 0.4) is 0 Å². The van der Waals surface area contributed by atoms with Gasteiger partial charge in [-0.25, -0.2) is 23.7 Å². The Morgan fingerprint density at radius 1 is 1.10 bits per heavy atom. The summed E-state index contributed by atoms with van der Waals surface area (Å²) in [5, 5.41) is 13.7. The van der Waals surface area contributed by atoms with Gasteiger partial charge in [0, 0.05) is 43.3 Å². The fourth-order valence-corrected chi connectivity index (χ4v) is 4.73. The number of benzene rings is 2. The topological polar surface area (TPSA) is 94.5 Å². The van der Waals surface area contributed by atoms with Crippen LogP contribution in [-0.2, 0) is 11.3 Å². The summed E-state index contributed by atoms with van der Waals surface area (Å²) in [6.07, 6.45) is 2.90. The molecule has 40 heavy (non-hydrogen) atoms. The molecule has 208 valence electrons. The normalized spacial score (nSPS) is 13.0. The smallest absolute Gasteiger partial charge is 0.246 e. The van der Waals surface area contributed by atoms with E-state index in [4.69, 9.17) is 16.6 Å². The van der Waals surface area contributed by atoms with Crippen LogP contribution in [0.1, 0.15) is 19.7 Å². The molecule has 0 bridgehead atoms. The van der Waals surface area contributed by atoms with Gasteiger partial charge in [0.1, 0.15) is 28.7 Å². The van der Waals surface area contributed by atoms with E-state index in [0.717, 1.165) is 6.07 Å². The van der Waals surface area contributed by atoms with Crippen LogP contribution >= 0.6 is 11.6 Å². The lowest BCUT2D eigenvalue weighted by atomic mass is 10.0. The molecule has 3 heterocycles. The maximum atomic E-state index is 16.1. The molecule has 0 radical (unpaired) electrons. The lowest BCUT2D eigenvalue weighted by Gasteiger charge is -2.35. The Hall–Kier alpha value is -4.31. The quantitative estimate of drug-likeness (QED) is 0.285. The van der Waals surface area contributed by atoms with Gasteiger partial charge in [0.25, 0.3) is 0 Å². The molecule has 11 heteroatoms. The molecule has 0 atom stereocenters. The third-order valence-electron chi connectivity index (χ3n) is 6.31. The van der Waals surface area contributed by atoms with Crippen molar-refractivity contribution in [1.29, 1.82) is 0 Å². The first kappa shape index (κ1) is 28.7. The highest BCUT2D eigenvalue weighted by molar-refractivity contribution is 6.34. The van der Waals surface area contributed by atoms with E-state index in [9.17, 15) is 14.3 Å². The molecule has 1 aliphatic rings. The molecule has 0 aliphatic carbocycles. The average molecular weight is 567 g/mol. The number of carbonyl (C=O) groups excluding carboxylic acids is 1.